The molecule has 3 rings (SSSR count). The Morgan fingerprint density at radius 2 is 1.74 bits per heavy atom. The van der Waals surface area contributed by atoms with E-state index in [0.29, 0.717) is 28.5 Å². The van der Waals surface area contributed by atoms with Gasteiger partial charge in [0.2, 0.25) is 5.75 Å². The summed E-state index contributed by atoms with van der Waals surface area (Å²) >= 11 is 1.55. The minimum absolute atomic E-state index is 0.237. The second kappa shape index (κ2) is 8.09. The Hall–Kier alpha value is -3.06. The van der Waals surface area contributed by atoms with Crippen LogP contribution < -0.4 is 19.5 Å². The number of hydrogen-bond acceptors (Lipinski definition) is 6. The molecule has 0 saturated carbocycles. The van der Waals surface area contributed by atoms with E-state index >= 15 is 0 Å². The number of hydrogen-bond donors (Lipinski definition) is 1. The number of methoxy groups -OCH3 is 3. The normalized spacial score (nSPS) is 10.4. The van der Waals surface area contributed by atoms with Gasteiger partial charge in [-0.25, -0.2) is 4.98 Å². The first kappa shape index (κ1) is 18.7. The van der Waals surface area contributed by atoms with Crippen LogP contribution in [0.5, 0.6) is 17.2 Å². The van der Waals surface area contributed by atoms with Crippen LogP contribution in [0.1, 0.15) is 16.1 Å². The summed E-state index contributed by atoms with van der Waals surface area (Å²) in [5, 5.41) is 5.74. The molecule has 1 amide bonds. The highest BCUT2D eigenvalue weighted by Crippen LogP contribution is 2.40. The monoisotopic (exact) mass is 384 g/mol. The van der Waals surface area contributed by atoms with Gasteiger partial charge in [0.25, 0.3) is 5.91 Å². The summed E-state index contributed by atoms with van der Waals surface area (Å²) in [5.41, 5.74) is 2.95. The second-order valence-corrected chi connectivity index (χ2v) is 6.60. The summed E-state index contributed by atoms with van der Waals surface area (Å²) in [7, 11) is 4.59. The average molecular weight is 384 g/mol. The van der Waals surface area contributed by atoms with Crippen molar-refractivity contribution >= 4 is 22.9 Å². The molecule has 0 unspecified atom stereocenters. The van der Waals surface area contributed by atoms with E-state index in [0.717, 1.165) is 16.3 Å². The highest BCUT2D eigenvalue weighted by molar-refractivity contribution is 7.13. The zero-order valence-corrected chi connectivity index (χ0v) is 16.3. The Labute approximate surface area is 161 Å². The average Bonchev–Trinajstić information content (AvgIpc) is 3.13. The van der Waals surface area contributed by atoms with Crippen molar-refractivity contribution in [2.75, 3.05) is 26.6 Å². The number of carbonyl (C=O) groups excluding carboxylic acids is 1. The van der Waals surface area contributed by atoms with Crippen LogP contribution in [0.2, 0.25) is 0 Å². The zero-order chi connectivity index (χ0) is 19.4. The molecule has 27 heavy (non-hydrogen) atoms. The Balaban J connectivity index is 1.87. The number of amides is 1. The SMILES string of the molecule is COc1cc(NC(=O)c2cccc(-c3nc(C)cs3)c2)cc(OC)c1OC. The molecule has 1 heterocycles. The molecule has 0 aliphatic heterocycles. The molecular weight excluding hydrogens is 364 g/mol. The molecule has 0 atom stereocenters. The fourth-order valence-electron chi connectivity index (χ4n) is 2.64. The van der Waals surface area contributed by atoms with Gasteiger partial charge in [0.1, 0.15) is 5.01 Å². The van der Waals surface area contributed by atoms with Gasteiger partial charge in [-0.05, 0) is 19.1 Å². The number of rotatable bonds is 6. The molecule has 6 nitrogen and oxygen atoms in total. The quantitative estimate of drug-likeness (QED) is 0.682. The molecule has 1 aromatic heterocycles. The van der Waals surface area contributed by atoms with Gasteiger partial charge in [0, 0.05) is 40.0 Å². The number of nitrogens with zero attached hydrogens (tertiary/aromatic N) is 1. The fraction of sp³-hybridized carbons (Fsp3) is 0.200. The van der Waals surface area contributed by atoms with Gasteiger partial charge in [-0.1, -0.05) is 12.1 Å². The van der Waals surface area contributed by atoms with Crippen molar-refractivity contribution in [2.24, 2.45) is 0 Å². The van der Waals surface area contributed by atoms with E-state index in [1.54, 1.807) is 29.5 Å². The lowest BCUT2D eigenvalue weighted by Crippen LogP contribution is -2.12. The summed E-state index contributed by atoms with van der Waals surface area (Å²) in [5.74, 6) is 1.18. The Morgan fingerprint density at radius 3 is 2.30 bits per heavy atom. The molecule has 0 radical (unpaired) electrons. The lowest BCUT2D eigenvalue weighted by molar-refractivity contribution is 0.102. The third kappa shape index (κ3) is 4.03. The topological polar surface area (TPSA) is 69.7 Å². The molecule has 1 N–H and O–H groups in total. The molecule has 7 heteroatoms. The molecule has 0 aliphatic rings. The van der Waals surface area contributed by atoms with Crippen LogP contribution in [0.15, 0.2) is 41.8 Å². The van der Waals surface area contributed by atoms with Crippen molar-refractivity contribution in [1.29, 1.82) is 0 Å². The molecule has 140 valence electrons. The van der Waals surface area contributed by atoms with Gasteiger partial charge < -0.3 is 19.5 Å². The van der Waals surface area contributed by atoms with Gasteiger partial charge in [0.05, 0.1) is 21.3 Å². The first-order valence-corrected chi connectivity index (χ1v) is 9.07. The second-order valence-electron chi connectivity index (χ2n) is 5.74. The highest BCUT2D eigenvalue weighted by atomic mass is 32.1. The molecule has 3 aromatic rings. The number of ether oxygens (including phenoxy) is 3. The van der Waals surface area contributed by atoms with Crippen LogP contribution in [0.3, 0.4) is 0 Å². The summed E-state index contributed by atoms with van der Waals surface area (Å²) in [6.07, 6.45) is 0. The summed E-state index contributed by atoms with van der Waals surface area (Å²) in [6, 6.07) is 10.7. The van der Waals surface area contributed by atoms with Crippen molar-refractivity contribution in [3.63, 3.8) is 0 Å². The lowest BCUT2D eigenvalue weighted by atomic mass is 10.1. The molecule has 0 saturated heterocycles. The summed E-state index contributed by atoms with van der Waals surface area (Å²) in [6.45, 7) is 1.95. The van der Waals surface area contributed by atoms with Gasteiger partial charge >= 0.3 is 0 Å². The summed E-state index contributed by atoms with van der Waals surface area (Å²) < 4.78 is 15.9. The van der Waals surface area contributed by atoms with Crippen LogP contribution in [0.25, 0.3) is 10.6 Å². The van der Waals surface area contributed by atoms with Crippen LogP contribution in [0, 0.1) is 6.92 Å². The van der Waals surface area contributed by atoms with Gasteiger partial charge in [-0.15, -0.1) is 11.3 Å². The predicted molar refractivity (Wildman–Crippen MR) is 106 cm³/mol. The molecule has 2 aromatic carbocycles. The maximum Gasteiger partial charge on any atom is 0.255 e. The maximum atomic E-state index is 12.7. The first-order valence-electron chi connectivity index (χ1n) is 8.19. The Bertz CT molecular complexity index is 943. The summed E-state index contributed by atoms with van der Waals surface area (Å²) in [4.78, 5) is 17.2. The molecule has 0 aliphatic carbocycles. The van der Waals surface area contributed by atoms with Crippen molar-refractivity contribution < 1.29 is 19.0 Å². The molecule has 0 spiro atoms. The standard InChI is InChI=1S/C20H20N2O4S/c1-12-11-27-20(21-12)14-7-5-6-13(8-14)19(23)22-15-9-16(24-2)18(26-4)17(10-15)25-3/h5-11H,1-4H3,(H,22,23). The maximum absolute atomic E-state index is 12.7. The zero-order valence-electron chi connectivity index (χ0n) is 15.5. The van der Waals surface area contributed by atoms with Crippen LogP contribution >= 0.6 is 11.3 Å². The van der Waals surface area contributed by atoms with Crippen molar-refractivity contribution in [3.05, 3.63) is 53.0 Å². The number of aryl methyl sites for hydroxylation is 1. The molecular formula is C20H20N2O4S. The van der Waals surface area contributed by atoms with E-state index in [2.05, 4.69) is 10.3 Å². The number of thiazole rings is 1. The third-order valence-corrected chi connectivity index (χ3v) is 4.92. The molecule has 0 bridgehead atoms. The highest BCUT2D eigenvalue weighted by Gasteiger charge is 2.15. The minimum atomic E-state index is -0.237. The fourth-order valence-corrected chi connectivity index (χ4v) is 3.43. The van der Waals surface area contributed by atoms with E-state index in [1.807, 2.05) is 30.5 Å². The number of nitrogens with one attached hydrogen (secondary N) is 1. The van der Waals surface area contributed by atoms with E-state index in [1.165, 1.54) is 21.3 Å². The third-order valence-electron chi connectivity index (χ3n) is 3.91. The van der Waals surface area contributed by atoms with Gasteiger partial charge in [0.15, 0.2) is 11.5 Å². The first-order chi connectivity index (χ1) is 13.0. The Morgan fingerprint density at radius 1 is 1.04 bits per heavy atom. The van der Waals surface area contributed by atoms with E-state index in [4.69, 9.17) is 14.2 Å². The van der Waals surface area contributed by atoms with Crippen molar-refractivity contribution in [3.8, 4) is 27.8 Å². The van der Waals surface area contributed by atoms with Crippen molar-refractivity contribution in [2.45, 2.75) is 6.92 Å². The number of benzene rings is 2. The molecule has 0 fully saturated rings. The number of carbonyl (C=O) groups is 1. The van der Waals surface area contributed by atoms with E-state index < -0.39 is 0 Å². The minimum Gasteiger partial charge on any atom is -0.493 e. The number of aromatic nitrogens is 1. The van der Waals surface area contributed by atoms with E-state index in [-0.39, 0.29) is 5.91 Å². The largest absolute Gasteiger partial charge is 0.493 e. The van der Waals surface area contributed by atoms with E-state index in [9.17, 15) is 4.79 Å². The van der Waals surface area contributed by atoms with Crippen LogP contribution in [-0.4, -0.2) is 32.2 Å². The smallest absolute Gasteiger partial charge is 0.255 e. The van der Waals surface area contributed by atoms with Crippen LogP contribution in [0.4, 0.5) is 5.69 Å². The Kier molecular flexibility index (Phi) is 5.61. The van der Waals surface area contributed by atoms with Gasteiger partial charge in [-0.2, -0.15) is 0 Å². The van der Waals surface area contributed by atoms with Crippen molar-refractivity contribution in [1.82, 2.24) is 4.98 Å². The van der Waals surface area contributed by atoms with Gasteiger partial charge in [-0.3, -0.25) is 4.79 Å². The number of anilines is 1. The van der Waals surface area contributed by atoms with Crippen LogP contribution in [-0.2, 0) is 0 Å². The predicted octanol–water partition coefficient (Wildman–Crippen LogP) is 4.40. The lowest BCUT2D eigenvalue weighted by Gasteiger charge is -2.14.